The number of amides is 2. The summed E-state index contributed by atoms with van der Waals surface area (Å²) in [6.45, 7) is 4.72. The molecule has 0 radical (unpaired) electrons. The Labute approximate surface area is 148 Å². The lowest BCUT2D eigenvalue weighted by molar-refractivity contribution is -0.136. The number of likely N-dealkylation sites (tertiary alicyclic amines) is 2. The van der Waals surface area contributed by atoms with E-state index in [9.17, 15) is 9.59 Å². The van der Waals surface area contributed by atoms with Gasteiger partial charge in [0.05, 0.1) is 13.1 Å². The SMILES string of the molecule is CN(Cc1cccs1)C(=O)CN1CCC(C(=O)N2CCCC2)CC1. The fraction of sp³-hybridized carbons (Fsp3) is 0.667. The van der Waals surface area contributed by atoms with E-state index in [2.05, 4.69) is 11.0 Å². The van der Waals surface area contributed by atoms with E-state index in [4.69, 9.17) is 0 Å². The summed E-state index contributed by atoms with van der Waals surface area (Å²) in [5, 5.41) is 2.04. The van der Waals surface area contributed by atoms with Gasteiger partial charge in [-0.2, -0.15) is 0 Å². The van der Waals surface area contributed by atoms with Gasteiger partial charge in [0.2, 0.25) is 11.8 Å². The fourth-order valence-electron chi connectivity index (χ4n) is 3.57. The Morgan fingerprint density at radius 1 is 1.21 bits per heavy atom. The van der Waals surface area contributed by atoms with Gasteiger partial charge in [0.25, 0.3) is 0 Å². The van der Waals surface area contributed by atoms with E-state index in [0.717, 1.165) is 51.9 Å². The maximum atomic E-state index is 12.4. The molecule has 2 aliphatic rings. The highest BCUT2D eigenvalue weighted by molar-refractivity contribution is 7.09. The number of hydrogen-bond acceptors (Lipinski definition) is 4. The Hall–Kier alpha value is -1.40. The first kappa shape index (κ1) is 17.4. The lowest BCUT2D eigenvalue weighted by Gasteiger charge is -2.33. The third-order valence-corrected chi connectivity index (χ3v) is 5.97. The monoisotopic (exact) mass is 349 g/mol. The number of likely N-dealkylation sites (N-methyl/N-ethyl adjacent to an activating group) is 1. The zero-order chi connectivity index (χ0) is 16.9. The summed E-state index contributed by atoms with van der Waals surface area (Å²) in [6, 6.07) is 4.07. The Balaban J connectivity index is 1.41. The lowest BCUT2D eigenvalue weighted by Crippen LogP contribution is -2.45. The van der Waals surface area contributed by atoms with Crippen molar-refractivity contribution in [2.75, 3.05) is 39.8 Å². The van der Waals surface area contributed by atoms with Gasteiger partial charge in [-0.15, -0.1) is 11.3 Å². The van der Waals surface area contributed by atoms with Gasteiger partial charge >= 0.3 is 0 Å². The van der Waals surface area contributed by atoms with E-state index in [-0.39, 0.29) is 11.8 Å². The van der Waals surface area contributed by atoms with Gasteiger partial charge < -0.3 is 9.80 Å². The van der Waals surface area contributed by atoms with Crippen LogP contribution < -0.4 is 0 Å². The number of hydrogen-bond donors (Lipinski definition) is 0. The molecule has 132 valence electrons. The smallest absolute Gasteiger partial charge is 0.236 e. The third kappa shape index (κ3) is 4.36. The predicted octanol–water partition coefficient (Wildman–Crippen LogP) is 2.04. The number of piperidine rings is 1. The summed E-state index contributed by atoms with van der Waals surface area (Å²) < 4.78 is 0. The number of carbonyl (C=O) groups excluding carboxylic acids is 2. The van der Waals surface area contributed by atoms with Crippen LogP contribution in [0.25, 0.3) is 0 Å². The molecule has 3 heterocycles. The molecule has 6 heteroatoms. The molecule has 0 spiro atoms. The van der Waals surface area contributed by atoms with E-state index >= 15 is 0 Å². The van der Waals surface area contributed by atoms with E-state index in [1.807, 2.05) is 23.4 Å². The second-order valence-electron chi connectivity index (χ2n) is 6.91. The van der Waals surface area contributed by atoms with Gasteiger partial charge in [0.15, 0.2) is 0 Å². The molecule has 2 fully saturated rings. The van der Waals surface area contributed by atoms with Crippen molar-refractivity contribution in [3.05, 3.63) is 22.4 Å². The van der Waals surface area contributed by atoms with E-state index < -0.39 is 0 Å². The molecule has 2 amide bonds. The molecule has 1 aromatic rings. The molecule has 0 N–H and O–H groups in total. The topological polar surface area (TPSA) is 43.9 Å². The minimum absolute atomic E-state index is 0.160. The van der Waals surface area contributed by atoms with Gasteiger partial charge in [-0.05, 0) is 50.2 Å². The van der Waals surface area contributed by atoms with Gasteiger partial charge in [-0.1, -0.05) is 6.07 Å². The Morgan fingerprint density at radius 2 is 1.92 bits per heavy atom. The summed E-state index contributed by atoms with van der Waals surface area (Å²) in [5.41, 5.74) is 0. The highest BCUT2D eigenvalue weighted by atomic mass is 32.1. The van der Waals surface area contributed by atoms with Gasteiger partial charge in [-0.25, -0.2) is 0 Å². The van der Waals surface area contributed by atoms with Gasteiger partial charge in [0, 0.05) is 30.9 Å². The molecule has 0 aromatic carbocycles. The van der Waals surface area contributed by atoms with Crippen LogP contribution in [-0.2, 0) is 16.1 Å². The number of nitrogens with zero attached hydrogens (tertiary/aromatic N) is 3. The van der Waals surface area contributed by atoms with E-state index in [1.54, 1.807) is 16.2 Å². The molecule has 0 atom stereocenters. The molecule has 5 nitrogen and oxygen atoms in total. The second kappa shape index (κ2) is 8.12. The minimum atomic E-state index is 0.160. The van der Waals surface area contributed by atoms with Crippen LogP contribution in [0.5, 0.6) is 0 Å². The molecule has 2 saturated heterocycles. The first-order valence-corrected chi connectivity index (χ1v) is 9.79. The van der Waals surface area contributed by atoms with Crippen LogP contribution in [0, 0.1) is 5.92 Å². The van der Waals surface area contributed by atoms with Crippen LogP contribution in [0.1, 0.15) is 30.6 Å². The van der Waals surface area contributed by atoms with Crippen molar-refractivity contribution in [3.63, 3.8) is 0 Å². The summed E-state index contributed by atoms with van der Waals surface area (Å²) >= 11 is 1.68. The van der Waals surface area contributed by atoms with Crippen molar-refractivity contribution in [2.45, 2.75) is 32.2 Å². The Morgan fingerprint density at radius 3 is 2.54 bits per heavy atom. The zero-order valence-electron chi connectivity index (χ0n) is 14.4. The largest absolute Gasteiger partial charge is 0.342 e. The number of rotatable bonds is 5. The van der Waals surface area contributed by atoms with Crippen LogP contribution in [0.15, 0.2) is 17.5 Å². The molecular formula is C18H27N3O2S. The molecule has 3 rings (SSSR count). The average Bonchev–Trinajstić information content (AvgIpc) is 3.28. The third-order valence-electron chi connectivity index (χ3n) is 5.11. The van der Waals surface area contributed by atoms with Crippen molar-refractivity contribution in [3.8, 4) is 0 Å². The summed E-state index contributed by atoms with van der Waals surface area (Å²) in [4.78, 5) is 32.1. The van der Waals surface area contributed by atoms with Crippen molar-refractivity contribution >= 4 is 23.2 Å². The Bertz CT molecular complexity index is 547. The van der Waals surface area contributed by atoms with E-state index in [1.165, 1.54) is 4.88 Å². The molecule has 0 bridgehead atoms. The van der Waals surface area contributed by atoms with Crippen molar-refractivity contribution in [1.82, 2.24) is 14.7 Å². The maximum Gasteiger partial charge on any atom is 0.236 e. The standard InChI is InChI=1S/C18H27N3O2S/c1-19(13-16-5-4-12-24-16)17(22)14-20-10-6-15(7-11-20)18(23)21-8-2-3-9-21/h4-5,12,15H,2-3,6-11,13-14H2,1H3. The number of carbonyl (C=O) groups is 2. The highest BCUT2D eigenvalue weighted by Gasteiger charge is 2.30. The van der Waals surface area contributed by atoms with Crippen LogP contribution >= 0.6 is 11.3 Å². The van der Waals surface area contributed by atoms with Crippen molar-refractivity contribution < 1.29 is 9.59 Å². The molecule has 0 aliphatic carbocycles. The van der Waals surface area contributed by atoms with Crippen LogP contribution in [0.3, 0.4) is 0 Å². The minimum Gasteiger partial charge on any atom is -0.342 e. The summed E-state index contributed by atoms with van der Waals surface area (Å²) in [5.74, 6) is 0.666. The van der Waals surface area contributed by atoms with Crippen LogP contribution in [0.2, 0.25) is 0 Å². The first-order chi connectivity index (χ1) is 11.6. The molecule has 24 heavy (non-hydrogen) atoms. The predicted molar refractivity (Wildman–Crippen MR) is 95.8 cm³/mol. The van der Waals surface area contributed by atoms with Gasteiger partial charge in [0.1, 0.15) is 0 Å². The average molecular weight is 350 g/mol. The fourth-order valence-corrected chi connectivity index (χ4v) is 4.33. The first-order valence-electron chi connectivity index (χ1n) is 8.91. The van der Waals surface area contributed by atoms with Gasteiger partial charge in [-0.3, -0.25) is 14.5 Å². The Kier molecular flexibility index (Phi) is 5.89. The quantitative estimate of drug-likeness (QED) is 0.817. The summed E-state index contributed by atoms with van der Waals surface area (Å²) in [7, 11) is 1.87. The molecule has 0 saturated carbocycles. The maximum absolute atomic E-state index is 12.4. The lowest BCUT2D eigenvalue weighted by atomic mass is 9.95. The van der Waals surface area contributed by atoms with Crippen LogP contribution in [-0.4, -0.2) is 66.3 Å². The van der Waals surface area contributed by atoms with Crippen molar-refractivity contribution in [1.29, 1.82) is 0 Å². The summed E-state index contributed by atoms with van der Waals surface area (Å²) in [6.07, 6.45) is 4.07. The molecule has 2 aliphatic heterocycles. The molecule has 1 aromatic heterocycles. The van der Waals surface area contributed by atoms with Crippen molar-refractivity contribution in [2.24, 2.45) is 5.92 Å². The molecule has 0 unspecified atom stereocenters. The van der Waals surface area contributed by atoms with Crippen LogP contribution in [0.4, 0.5) is 0 Å². The zero-order valence-corrected chi connectivity index (χ0v) is 15.3. The highest BCUT2D eigenvalue weighted by Crippen LogP contribution is 2.22. The molecular weight excluding hydrogens is 322 g/mol. The normalized spacial score (nSPS) is 19.6. The number of thiophene rings is 1. The van der Waals surface area contributed by atoms with E-state index in [0.29, 0.717) is 19.0 Å². The second-order valence-corrected chi connectivity index (χ2v) is 7.94.